The fourth-order valence-electron chi connectivity index (χ4n) is 4.11. The highest BCUT2D eigenvalue weighted by Gasteiger charge is 2.40. The molecule has 25 heavy (non-hydrogen) atoms. The molecule has 0 bridgehead atoms. The number of carbonyl (C=O) groups is 1. The van der Waals surface area contributed by atoms with Crippen molar-refractivity contribution in [3.05, 3.63) is 29.3 Å². The van der Waals surface area contributed by atoms with Gasteiger partial charge in [-0.15, -0.1) is 0 Å². The number of sulfonamides is 1. The van der Waals surface area contributed by atoms with Crippen LogP contribution in [0.5, 0.6) is 0 Å². The van der Waals surface area contributed by atoms with E-state index in [0.717, 1.165) is 36.8 Å². The monoisotopic (exact) mass is 364 g/mol. The third-order valence-corrected chi connectivity index (χ3v) is 7.76. The predicted molar refractivity (Wildman–Crippen MR) is 97.8 cm³/mol. The average Bonchev–Trinajstić information content (AvgIpc) is 3.02. The number of benzene rings is 1. The summed E-state index contributed by atoms with van der Waals surface area (Å²) in [5.41, 5.74) is 1.59. The highest BCUT2D eigenvalue weighted by Crippen LogP contribution is 2.39. The molecule has 3 rings (SSSR count). The Bertz CT molecular complexity index is 759. The van der Waals surface area contributed by atoms with Crippen molar-refractivity contribution in [1.82, 2.24) is 9.21 Å². The third-order valence-electron chi connectivity index (χ3n) is 5.70. The van der Waals surface area contributed by atoms with Crippen molar-refractivity contribution in [3.63, 3.8) is 0 Å². The maximum atomic E-state index is 12.9. The summed E-state index contributed by atoms with van der Waals surface area (Å²) in [7, 11) is -3.50. The van der Waals surface area contributed by atoms with Gasteiger partial charge in [-0.25, -0.2) is 8.42 Å². The fraction of sp³-hybridized carbons (Fsp3) is 0.632. The van der Waals surface area contributed by atoms with Crippen LogP contribution in [0.3, 0.4) is 0 Å². The van der Waals surface area contributed by atoms with Crippen molar-refractivity contribution in [1.29, 1.82) is 0 Å². The largest absolute Gasteiger partial charge is 0.340 e. The molecule has 1 amide bonds. The Hall–Kier alpha value is -1.40. The second-order valence-electron chi connectivity index (χ2n) is 7.73. The Balaban J connectivity index is 1.70. The van der Waals surface area contributed by atoms with Gasteiger partial charge >= 0.3 is 0 Å². The lowest BCUT2D eigenvalue weighted by Crippen LogP contribution is -2.53. The number of nitrogens with zero attached hydrogens (tertiary/aromatic N) is 2. The van der Waals surface area contributed by atoms with Crippen molar-refractivity contribution in [2.24, 2.45) is 5.41 Å². The van der Waals surface area contributed by atoms with Crippen molar-refractivity contribution >= 4 is 15.9 Å². The van der Waals surface area contributed by atoms with Crippen LogP contribution in [0.15, 0.2) is 23.1 Å². The van der Waals surface area contributed by atoms with Crippen LogP contribution >= 0.6 is 0 Å². The van der Waals surface area contributed by atoms with Crippen LogP contribution in [0.2, 0.25) is 0 Å². The number of carbonyl (C=O) groups excluding carboxylic acids is 1. The van der Waals surface area contributed by atoms with E-state index in [-0.39, 0.29) is 11.3 Å². The van der Waals surface area contributed by atoms with Crippen LogP contribution in [-0.4, -0.2) is 49.7 Å². The molecule has 0 radical (unpaired) electrons. The number of hydrogen-bond donors (Lipinski definition) is 0. The summed E-state index contributed by atoms with van der Waals surface area (Å²) >= 11 is 0. The molecule has 1 saturated heterocycles. The molecule has 138 valence electrons. The van der Waals surface area contributed by atoms with Gasteiger partial charge in [0.05, 0.1) is 4.90 Å². The molecule has 5 nitrogen and oxygen atoms in total. The Morgan fingerprint density at radius 2 is 1.64 bits per heavy atom. The maximum Gasteiger partial charge on any atom is 0.243 e. The molecule has 1 aliphatic heterocycles. The zero-order valence-corrected chi connectivity index (χ0v) is 16.2. The van der Waals surface area contributed by atoms with Crippen LogP contribution in [0.1, 0.15) is 43.7 Å². The van der Waals surface area contributed by atoms with Crippen LogP contribution in [0.25, 0.3) is 0 Å². The molecule has 1 aliphatic carbocycles. The summed E-state index contributed by atoms with van der Waals surface area (Å²) in [4.78, 5) is 15.0. The molecular formula is C19H28N2O3S. The molecule has 1 aromatic carbocycles. The van der Waals surface area contributed by atoms with Gasteiger partial charge in [0.25, 0.3) is 0 Å². The zero-order chi connectivity index (χ0) is 18.2. The van der Waals surface area contributed by atoms with Gasteiger partial charge in [-0.1, -0.05) is 37.5 Å². The van der Waals surface area contributed by atoms with E-state index < -0.39 is 10.0 Å². The van der Waals surface area contributed by atoms with Crippen molar-refractivity contribution < 1.29 is 13.2 Å². The van der Waals surface area contributed by atoms with Gasteiger partial charge in [-0.3, -0.25) is 4.79 Å². The second-order valence-corrected chi connectivity index (χ2v) is 9.64. The standard InChI is InChI=1S/C19H28N2O3S/c1-15-6-7-17(16(2)14-15)25(23,24)21-12-10-20(11-13-21)18(22)19(3)8-4-5-9-19/h6-7,14H,4-5,8-13H2,1-3H3. The Kier molecular flexibility index (Phi) is 4.95. The zero-order valence-electron chi connectivity index (χ0n) is 15.4. The van der Waals surface area contributed by atoms with E-state index in [2.05, 4.69) is 6.92 Å². The summed E-state index contributed by atoms with van der Waals surface area (Å²) in [6.07, 6.45) is 4.13. The number of rotatable bonds is 3. The first-order valence-corrected chi connectivity index (χ1v) is 10.5. The number of hydrogen-bond acceptors (Lipinski definition) is 3. The van der Waals surface area contributed by atoms with Crippen LogP contribution < -0.4 is 0 Å². The molecule has 0 aromatic heterocycles. The van der Waals surface area contributed by atoms with Gasteiger partial charge < -0.3 is 4.90 Å². The summed E-state index contributed by atoms with van der Waals surface area (Å²) in [5.74, 6) is 0.202. The van der Waals surface area contributed by atoms with E-state index in [1.807, 2.05) is 30.9 Å². The molecule has 2 fully saturated rings. The number of piperazine rings is 1. The minimum absolute atomic E-state index is 0.202. The van der Waals surface area contributed by atoms with Crippen LogP contribution in [-0.2, 0) is 14.8 Å². The Morgan fingerprint density at radius 1 is 1.04 bits per heavy atom. The topological polar surface area (TPSA) is 57.7 Å². The predicted octanol–water partition coefficient (Wildman–Crippen LogP) is 2.72. The highest BCUT2D eigenvalue weighted by molar-refractivity contribution is 7.89. The molecule has 6 heteroatoms. The van der Waals surface area contributed by atoms with Crippen molar-refractivity contribution in [2.75, 3.05) is 26.2 Å². The van der Waals surface area contributed by atoms with Crippen LogP contribution in [0.4, 0.5) is 0 Å². The maximum absolute atomic E-state index is 12.9. The Labute approximate surface area is 151 Å². The highest BCUT2D eigenvalue weighted by atomic mass is 32.2. The van der Waals surface area contributed by atoms with Gasteiger partial charge in [0.2, 0.25) is 15.9 Å². The normalized spacial score (nSPS) is 21.5. The van der Waals surface area contributed by atoms with Crippen molar-refractivity contribution in [3.8, 4) is 0 Å². The summed E-state index contributed by atoms with van der Waals surface area (Å²) in [6, 6.07) is 5.42. The SMILES string of the molecule is Cc1ccc(S(=O)(=O)N2CCN(C(=O)C3(C)CCCC3)CC2)c(C)c1. The molecule has 0 atom stereocenters. The average molecular weight is 365 g/mol. The van der Waals surface area contributed by atoms with Crippen LogP contribution in [0, 0.1) is 19.3 Å². The minimum atomic E-state index is -3.50. The molecule has 0 unspecified atom stereocenters. The number of aryl methyl sites for hydroxylation is 2. The van der Waals surface area contributed by atoms with Gasteiger partial charge in [-0.05, 0) is 38.3 Å². The van der Waals surface area contributed by atoms with Gasteiger partial charge in [0, 0.05) is 31.6 Å². The lowest BCUT2D eigenvalue weighted by atomic mass is 9.87. The molecule has 0 N–H and O–H groups in total. The summed E-state index contributed by atoms with van der Waals surface area (Å²) < 4.78 is 27.4. The second kappa shape index (κ2) is 6.72. The Morgan fingerprint density at radius 3 is 2.20 bits per heavy atom. The first-order chi connectivity index (χ1) is 11.7. The van der Waals surface area contributed by atoms with Gasteiger partial charge in [-0.2, -0.15) is 4.31 Å². The van der Waals surface area contributed by atoms with E-state index >= 15 is 0 Å². The first-order valence-electron chi connectivity index (χ1n) is 9.11. The molecule has 1 aromatic rings. The third kappa shape index (κ3) is 3.47. The van der Waals surface area contributed by atoms with E-state index in [1.54, 1.807) is 6.07 Å². The molecule has 0 spiro atoms. The van der Waals surface area contributed by atoms with Crippen molar-refractivity contribution in [2.45, 2.75) is 51.3 Å². The quantitative estimate of drug-likeness (QED) is 0.829. The van der Waals surface area contributed by atoms with Gasteiger partial charge in [0.15, 0.2) is 0 Å². The van der Waals surface area contributed by atoms with E-state index in [1.165, 1.54) is 4.31 Å². The van der Waals surface area contributed by atoms with E-state index in [0.29, 0.717) is 31.1 Å². The first kappa shape index (κ1) is 18.4. The van der Waals surface area contributed by atoms with E-state index in [9.17, 15) is 13.2 Å². The lowest BCUT2D eigenvalue weighted by molar-refractivity contribution is -0.142. The smallest absolute Gasteiger partial charge is 0.243 e. The molecular weight excluding hydrogens is 336 g/mol. The number of amides is 1. The lowest BCUT2D eigenvalue weighted by Gasteiger charge is -2.38. The minimum Gasteiger partial charge on any atom is -0.340 e. The molecule has 1 heterocycles. The van der Waals surface area contributed by atoms with E-state index in [4.69, 9.17) is 0 Å². The molecule has 1 saturated carbocycles. The van der Waals surface area contributed by atoms with Gasteiger partial charge in [0.1, 0.15) is 0 Å². The fourth-order valence-corrected chi connectivity index (χ4v) is 5.74. The molecule has 2 aliphatic rings. The summed E-state index contributed by atoms with van der Waals surface area (Å²) in [5, 5.41) is 0. The summed E-state index contributed by atoms with van der Waals surface area (Å²) in [6.45, 7) is 7.56.